The van der Waals surface area contributed by atoms with Crippen molar-refractivity contribution in [3.8, 4) is 11.1 Å². The van der Waals surface area contributed by atoms with Crippen molar-refractivity contribution >= 4 is 12.1 Å². The highest BCUT2D eigenvalue weighted by Gasteiger charge is 2.43. The van der Waals surface area contributed by atoms with E-state index in [9.17, 15) is 14.7 Å². The molecule has 29 heavy (non-hydrogen) atoms. The van der Waals surface area contributed by atoms with Crippen LogP contribution in [0.2, 0.25) is 0 Å². The molecule has 0 radical (unpaired) electrons. The highest BCUT2D eigenvalue weighted by atomic mass is 16.6. The van der Waals surface area contributed by atoms with Crippen molar-refractivity contribution in [1.29, 1.82) is 0 Å². The number of hydrogen-bond donors (Lipinski definition) is 1. The molecule has 1 unspecified atom stereocenters. The predicted octanol–water partition coefficient (Wildman–Crippen LogP) is 4.14. The summed E-state index contributed by atoms with van der Waals surface area (Å²) in [4.78, 5) is 26.0. The van der Waals surface area contributed by atoms with E-state index in [1.165, 1.54) is 11.8 Å². The van der Waals surface area contributed by atoms with Gasteiger partial charge in [0.25, 0.3) is 0 Å². The van der Waals surface area contributed by atoms with Crippen LogP contribution in [0.1, 0.15) is 37.8 Å². The summed E-state index contributed by atoms with van der Waals surface area (Å²) in [6.45, 7) is 5.61. The molecule has 3 rings (SSSR count). The molecule has 0 aliphatic heterocycles. The molecule has 154 valence electrons. The number of hydrogen-bond acceptors (Lipinski definition) is 4. The smallest absolute Gasteiger partial charge is 0.410 e. The first-order valence-corrected chi connectivity index (χ1v) is 9.87. The minimum Gasteiger partial charge on any atom is -0.479 e. The molecule has 0 saturated carbocycles. The molecule has 1 aliphatic carbocycles. The lowest BCUT2D eigenvalue weighted by atomic mass is 9.98. The molecule has 1 aliphatic rings. The quantitative estimate of drug-likeness (QED) is 0.725. The van der Waals surface area contributed by atoms with Crippen molar-refractivity contribution < 1.29 is 24.2 Å². The van der Waals surface area contributed by atoms with Gasteiger partial charge in [-0.2, -0.15) is 0 Å². The van der Waals surface area contributed by atoms with Gasteiger partial charge in [-0.3, -0.25) is 4.90 Å². The van der Waals surface area contributed by atoms with E-state index in [1.54, 1.807) is 13.8 Å². The molecule has 1 atom stereocenters. The van der Waals surface area contributed by atoms with E-state index in [4.69, 9.17) is 9.47 Å². The molecule has 2 aromatic carbocycles. The van der Waals surface area contributed by atoms with Crippen LogP contribution < -0.4 is 0 Å². The van der Waals surface area contributed by atoms with Crippen LogP contribution >= 0.6 is 0 Å². The zero-order valence-electron chi connectivity index (χ0n) is 17.1. The maximum Gasteiger partial charge on any atom is 0.410 e. The van der Waals surface area contributed by atoms with Crippen molar-refractivity contribution in [2.45, 2.75) is 32.2 Å². The van der Waals surface area contributed by atoms with Gasteiger partial charge in [-0.25, -0.2) is 9.59 Å². The second-order valence-electron chi connectivity index (χ2n) is 7.26. The number of rotatable bonds is 8. The van der Waals surface area contributed by atoms with E-state index in [0.29, 0.717) is 6.61 Å². The Hall–Kier alpha value is -2.86. The topological polar surface area (TPSA) is 76.1 Å². The lowest BCUT2D eigenvalue weighted by molar-refractivity contribution is -0.153. The Kier molecular flexibility index (Phi) is 6.23. The third-order valence-electron chi connectivity index (χ3n) is 5.52. The normalized spacial score (nSPS) is 14.6. The summed E-state index contributed by atoms with van der Waals surface area (Å²) in [7, 11) is 0. The molecule has 2 aromatic rings. The maximum absolute atomic E-state index is 12.9. The van der Waals surface area contributed by atoms with Crippen LogP contribution in [0.25, 0.3) is 11.1 Å². The minimum absolute atomic E-state index is 0.0759. The van der Waals surface area contributed by atoms with Gasteiger partial charge in [-0.15, -0.1) is 0 Å². The van der Waals surface area contributed by atoms with E-state index >= 15 is 0 Å². The van der Waals surface area contributed by atoms with Gasteiger partial charge in [-0.05, 0) is 43.0 Å². The maximum atomic E-state index is 12.9. The van der Waals surface area contributed by atoms with Crippen LogP contribution in [0.15, 0.2) is 48.5 Å². The number of aliphatic carboxylic acids is 1. The molecular formula is C23H27NO5. The summed E-state index contributed by atoms with van der Waals surface area (Å²) in [6.07, 6.45) is -0.654. The van der Waals surface area contributed by atoms with E-state index in [1.807, 2.05) is 36.4 Å². The summed E-state index contributed by atoms with van der Waals surface area (Å²) in [5.74, 6) is -1.20. The zero-order valence-corrected chi connectivity index (χ0v) is 17.1. The van der Waals surface area contributed by atoms with Crippen molar-refractivity contribution in [2.24, 2.45) is 0 Å². The number of nitrogens with zero attached hydrogens (tertiary/aromatic N) is 1. The van der Waals surface area contributed by atoms with E-state index in [-0.39, 0.29) is 25.7 Å². The standard InChI is InChI=1S/C23H27NO5/c1-4-24(23(3,21(25)26)15-28-5-2)22(27)29-14-20-18-12-8-6-10-16(18)17-11-7-9-13-19(17)20/h6-13,20H,4-5,14-15H2,1-3H3,(H,25,26). The first kappa shape index (κ1) is 20.9. The minimum atomic E-state index is -1.49. The summed E-state index contributed by atoms with van der Waals surface area (Å²) in [5, 5.41) is 9.72. The van der Waals surface area contributed by atoms with E-state index in [0.717, 1.165) is 22.3 Å². The van der Waals surface area contributed by atoms with Crippen LogP contribution in [0.5, 0.6) is 0 Å². The fourth-order valence-electron chi connectivity index (χ4n) is 3.91. The number of carboxylic acids is 1. The van der Waals surface area contributed by atoms with Crippen molar-refractivity contribution in [1.82, 2.24) is 4.90 Å². The van der Waals surface area contributed by atoms with Gasteiger partial charge in [0.1, 0.15) is 6.61 Å². The van der Waals surface area contributed by atoms with Crippen molar-refractivity contribution in [3.63, 3.8) is 0 Å². The van der Waals surface area contributed by atoms with Crippen LogP contribution in [-0.2, 0) is 14.3 Å². The van der Waals surface area contributed by atoms with Crippen molar-refractivity contribution in [2.75, 3.05) is 26.4 Å². The number of fused-ring (bicyclic) bond motifs is 3. The molecule has 1 N–H and O–H groups in total. The van der Waals surface area contributed by atoms with Crippen LogP contribution in [-0.4, -0.2) is 54.0 Å². The number of carbonyl (C=O) groups excluding carboxylic acids is 1. The molecule has 0 fully saturated rings. The average molecular weight is 397 g/mol. The Labute approximate surface area is 171 Å². The molecule has 6 nitrogen and oxygen atoms in total. The second kappa shape index (κ2) is 8.66. The number of likely N-dealkylation sites (N-methyl/N-ethyl adjacent to an activating group) is 1. The SMILES string of the molecule is CCOCC(C)(C(=O)O)N(CC)C(=O)OCC1c2ccccc2-c2ccccc21. The van der Waals surface area contributed by atoms with Crippen molar-refractivity contribution in [3.05, 3.63) is 59.7 Å². The Morgan fingerprint density at radius 3 is 2.07 bits per heavy atom. The molecule has 0 saturated heterocycles. The highest BCUT2D eigenvalue weighted by molar-refractivity contribution is 5.84. The molecule has 0 heterocycles. The monoisotopic (exact) mass is 397 g/mol. The first-order chi connectivity index (χ1) is 13.9. The van der Waals surface area contributed by atoms with Crippen LogP contribution in [0, 0.1) is 0 Å². The molecular weight excluding hydrogens is 370 g/mol. The third kappa shape index (κ3) is 3.85. The van der Waals surface area contributed by atoms with Gasteiger partial charge >= 0.3 is 12.1 Å². The number of carboxylic acid groups (broad SMARTS) is 1. The molecule has 0 aromatic heterocycles. The van der Waals surface area contributed by atoms with Gasteiger partial charge < -0.3 is 14.6 Å². The molecule has 0 spiro atoms. The second-order valence-corrected chi connectivity index (χ2v) is 7.26. The largest absolute Gasteiger partial charge is 0.479 e. The summed E-state index contributed by atoms with van der Waals surface area (Å²) < 4.78 is 11.0. The zero-order chi connectivity index (χ0) is 21.0. The van der Waals surface area contributed by atoms with Gasteiger partial charge in [0.15, 0.2) is 5.54 Å². The van der Waals surface area contributed by atoms with E-state index in [2.05, 4.69) is 12.1 Å². The Balaban J connectivity index is 1.80. The van der Waals surface area contributed by atoms with Gasteiger partial charge in [0.2, 0.25) is 0 Å². The fraction of sp³-hybridized carbons (Fsp3) is 0.391. The number of carbonyl (C=O) groups is 2. The summed E-state index contributed by atoms with van der Waals surface area (Å²) >= 11 is 0. The van der Waals surface area contributed by atoms with Gasteiger partial charge in [0.05, 0.1) is 6.61 Å². The number of amides is 1. The number of benzene rings is 2. The average Bonchev–Trinajstić information content (AvgIpc) is 3.05. The van der Waals surface area contributed by atoms with Gasteiger partial charge in [-0.1, -0.05) is 48.5 Å². The third-order valence-corrected chi connectivity index (χ3v) is 5.52. The van der Waals surface area contributed by atoms with Gasteiger partial charge in [0, 0.05) is 19.1 Å². The van der Waals surface area contributed by atoms with Crippen LogP contribution in [0.3, 0.4) is 0 Å². The molecule has 1 amide bonds. The molecule has 6 heteroatoms. The fourth-order valence-corrected chi connectivity index (χ4v) is 3.91. The highest BCUT2D eigenvalue weighted by Crippen LogP contribution is 2.44. The first-order valence-electron chi connectivity index (χ1n) is 9.87. The summed E-state index contributed by atoms with van der Waals surface area (Å²) in [5.41, 5.74) is 3.01. The van der Waals surface area contributed by atoms with E-state index < -0.39 is 17.6 Å². The van der Waals surface area contributed by atoms with Crippen LogP contribution in [0.4, 0.5) is 4.79 Å². The molecule has 0 bridgehead atoms. The Morgan fingerprint density at radius 2 is 1.59 bits per heavy atom. The summed E-state index contributed by atoms with van der Waals surface area (Å²) in [6, 6.07) is 16.2. The number of ether oxygens (including phenoxy) is 2. The Bertz CT molecular complexity index is 851. The lowest BCUT2D eigenvalue weighted by Gasteiger charge is -2.36. The predicted molar refractivity (Wildman–Crippen MR) is 110 cm³/mol. The lowest BCUT2D eigenvalue weighted by Crippen LogP contribution is -2.58. The Morgan fingerprint density at radius 1 is 1.03 bits per heavy atom.